The van der Waals surface area contributed by atoms with Crippen LogP contribution in [0, 0.1) is 0 Å². The molecule has 0 saturated heterocycles. The molecule has 0 bridgehead atoms. The van der Waals surface area contributed by atoms with Gasteiger partial charge in [-0.1, -0.05) is 66.5 Å². The number of hydrogen-bond donors (Lipinski definition) is 4. The molecule has 42 heavy (non-hydrogen) atoms. The van der Waals surface area contributed by atoms with E-state index in [1.54, 1.807) is 0 Å². The molecule has 6 heteroatoms. The lowest BCUT2D eigenvalue weighted by molar-refractivity contribution is 0.284. The quantitative estimate of drug-likeness (QED) is 0.158. The van der Waals surface area contributed by atoms with Crippen molar-refractivity contribution in [1.29, 1.82) is 0 Å². The lowest BCUT2D eigenvalue weighted by Gasteiger charge is -2.26. The first-order chi connectivity index (χ1) is 19.8. The van der Waals surface area contributed by atoms with E-state index < -0.39 is 0 Å². The van der Waals surface area contributed by atoms with Gasteiger partial charge in [-0.05, 0) is 85.5 Å². The molecule has 232 valence electrons. The smallest absolute Gasteiger partial charge is 0.128 e. The highest BCUT2D eigenvalue weighted by molar-refractivity contribution is 5.86. The monoisotopic (exact) mass is 578 g/mol. The fourth-order valence-corrected chi connectivity index (χ4v) is 5.74. The molecule has 0 spiro atoms. The van der Waals surface area contributed by atoms with Crippen molar-refractivity contribution < 1.29 is 20.4 Å². The van der Waals surface area contributed by atoms with Crippen LogP contribution in [0.5, 0.6) is 11.5 Å². The Kier molecular flexibility index (Phi) is 12.2. The fraction of sp³-hybridized carbons (Fsp3) is 0.611. The van der Waals surface area contributed by atoms with Crippen LogP contribution in [0.2, 0.25) is 0 Å². The van der Waals surface area contributed by atoms with Crippen molar-refractivity contribution in [1.82, 2.24) is 0 Å². The second-order valence-corrected chi connectivity index (χ2v) is 14.0. The Morgan fingerprint density at radius 2 is 1.02 bits per heavy atom. The molecule has 2 unspecified atom stereocenters. The predicted octanol–water partition coefficient (Wildman–Crippen LogP) is 7.17. The van der Waals surface area contributed by atoms with Crippen LogP contribution in [0.1, 0.15) is 126 Å². The molecule has 0 radical (unpaired) electrons. The second-order valence-electron chi connectivity index (χ2n) is 14.0. The number of aliphatic hydroxyl groups is 2. The Morgan fingerprint density at radius 1 is 0.643 bits per heavy atom. The summed E-state index contributed by atoms with van der Waals surface area (Å²) in [6.07, 6.45) is 12.7. The molecular weight excluding hydrogens is 524 g/mol. The van der Waals surface area contributed by atoms with Crippen molar-refractivity contribution in [2.24, 2.45) is 9.98 Å². The molecule has 4 N–H and O–H groups in total. The minimum Gasteiger partial charge on any atom is -0.507 e. The molecule has 1 aliphatic rings. The number of benzene rings is 2. The first-order valence-electron chi connectivity index (χ1n) is 15.9. The summed E-state index contributed by atoms with van der Waals surface area (Å²) >= 11 is 0. The van der Waals surface area contributed by atoms with Gasteiger partial charge in [-0.15, -0.1) is 0 Å². The molecule has 1 saturated carbocycles. The molecule has 1 fully saturated rings. The molecule has 2 aromatic carbocycles. The lowest BCUT2D eigenvalue weighted by atomic mass is 9.83. The maximum absolute atomic E-state index is 11.2. The molecule has 6 nitrogen and oxygen atoms in total. The molecule has 0 aliphatic heterocycles. The maximum atomic E-state index is 11.2. The summed E-state index contributed by atoms with van der Waals surface area (Å²) in [6, 6.07) is 8.24. The number of phenolic OH excluding ortho intramolecular Hbond substituents is 2. The topological polar surface area (TPSA) is 106 Å². The van der Waals surface area contributed by atoms with Crippen LogP contribution in [0.25, 0.3) is 0 Å². The number of aliphatic imine (C=N–C) groups is 2. The van der Waals surface area contributed by atoms with E-state index in [9.17, 15) is 20.4 Å². The van der Waals surface area contributed by atoms with E-state index in [1.165, 1.54) is 0 Å². The van der Waals surface area contributed by atoms with E-state index in [1.807, 2.05) is 24.6 Å². The summed E-state index contributed by atoms with van der Waals surface area (Å²) in [7, 11) is 0. The largest absolute Gasteiger partial charge is 0.507 e. The number of aliphatic hydroxyl groups excluding tert-OH is 2. The van der Waals surface area contributed by atoms with Crippen LogP contribution in [0.4, 0.5) is 0 Å². The highest BCUT2D eigenvalue weighted by atomic mass is 16.3. The van der Waals surface area contributed by atoms with Crippen molar-refractivity contribution in [2.75, 3.05) is 13.2 Å². The summed E-state index contributed by atoms with van der Waals surface area (Å²) in [6.45, 7) is 13.0. The second kappa shape index (κ2) is 15.2. The highest BCUT2D eigenvalue weighted by Gasteiger charge is 2.26. The van der Waals surface area contributed by atoms with E-state index in [0.29, 0.717) is 0 Å². The Bertz CT molecular complexity index is 1120. The van der Waals surface area contributed by atoms with Crippen LogP contribution in [-0.2, 0) is 23.7 Å². The fourth-order valence-electron chi connectivity index (χ4n) is 5.74. The van der Waals surface area contributed by atoms with Crippen LogP contribution in [-0.4, -0.2) is 58.2 Å². The predicted molar refractivity (Wildman–Crippen MR) is 175 cm³/mol. The Hall–Kier alpha value is -2.70. The molecule has 3 rings (SSSR count). The van der Waals surface area contributed by atoms with E-state index in [-0.39, 0.29) is 47.6 Å². The summed E-state index contributed by atoms with van der Waals surface area (Å²) in [5.41, 5.74) is 5.16. The SMILES string of the molecule is CC(C)(C)c1cc(CCCCO)cc(C=NC2CCCCC2N=Cc2cc(CCCCO)cc(C(C)(C)C)c2O)c1O. The van der Waals surface area contributed by atoms with Crippen molar-refractivity contribution in [3.8, 4) is 11.5 Å². The number of phenols is 2. The summed E-state index contributed by atoms with van der Waals surface area (Å²) in [4.78, 5) is 9.98. The zero-order valence-corrected chi connectivity index (χ0v) is 26.8. The zero-order valence-electron chi connectivity index (χ0n) is 26.8. The minimum absolute atomic E-state index is 0.00231. The van der Waals surface area contributed by atoms with Gasteiger partial charge in [0.05, 0.1) is 12.1 Å². The van der Waals surface area contributed by atoms with Crippen molar-refractivity contribution >= 4 is 12.4 Å². The molecule has 0 amide bonds. The van der Waals surface area contributed by atoms with Gasteiger partial charge < -0.3 is 20.4 Å². The average Bonchev–Trinajstić information content (AvgIpc) is 2.92. The third kappa shape index (κ3) is 9.40. The van der Waals surface area contributed by atoms with Gasteiger partial charge in [0, 0.05) is 47.9 Å². The van der Waals surface area contributed by atoms with Crippen molar-refractivity contribution in [3.63, 3.8) is 0 Å². The zero-order chi connectivity index (χ0) is 30.9. The van der Waals surface area contributed by atoms with Gasteiger partial charge in [0.2, 0.25) is 0 Å². The number of nitrogens with zero attached hydrogens (tertiary/aromatic N) is 2. The van der Waals surface area contributed by atoms with E-state index in [0.717, 1.165) is 97.6 Å². The van der Waals surface area contributed by atoms with Gasteiger partial charge in [0.1, 0.15) is 11.5 Å². The Balaban J connectivity index is 1.90. The normalized spacial score (nSPS) is 18.4. The molecule has 2 aromatic rings. The molecular formula is C36H54N2O4. The van der Waals surface area contributed by atoms with Gasteiger partial charge in [-0.2, -0.15) is 0 Å². The van der Waals surface area contributed by atoms with Crippen molar-refractivity contribution in [2.45, 2.75) is 129 Å². The standard InChI is InChI=1S/C36H54N2O4/c1-35(2,3)29-21-25(13-9-11-17-39)19-27(33(29)41)23-37-31-15-7-8-16-32(31)38-24-28-20-26(14-10-12-18-40)22-30(34(28)42)36(4,5)6/h19-24,31-32,39-42H,7-18H2,1-6H3. The van der Waals surface area contributed by atoms with Gasteiger partial charge in [-0.3, -0.25) is 9.98 Å². The minimum atomic E-state index is -0.210. The van der Waals surface area contributed by atoms with Crippen LogP contribution in [0.15, 0.2) is 34.3 Å². The van der Waals surface area contributed by atoms with E-state index in [4.69, 9.17) is 9.98 Å². The maximum Gasteiger partial charge on any atom is 0.128 e. The van der Waals surface area contributed by atoms with Gasteiger partial charge in [-0.25, -0.2) is 0 Å². The third-order valence-corrected chi connectivity index (χ3v) is 8.27. The number of unbranched alkanes of at least 4 members (excludes halogenated alkanes) is 2. The Labute approximate surface area is 253 Å². The van der Waals surface area contributed by atoms with E-state index >= 15 is 0 Å². The molecule has 1 aliphatic carbocycles. The van der Waals surface area contributed by atoms with Crippen LogP contribution >= 0.6 is 0 Å². The Morgan fingerprint density at radius 3 is 1.36 bits per heavy atom. The van der Waals surface area contributed by atoms with Gasteiger partial charge in [0.15, 0.2) is 0 Å². The number of rotatable bonds is 12. The highest BCUT2D eigenvalue weighted by Crippen LogP contribution is 2.36. The molecule has 0 heterocycles. The summed E-state index contributed by atoms with van der Waals surface area (Å²) in [5, 5.41) is 40.8. The van der Waals surface area contributed by atoms with Crippen LogP contribution < -0.4 is 0 Å². The third-order valence-electron chi connectivity index (χ3n) is 8.27. The average molecular weight is 579 g/mol. The first kappa shape index (κ1) is 33.8. The van der Waals surface area contributed by atoms with Crippen LogP contribution in [0.3, 0.4) is 0 Å². The molecule has 0 aromatic heterocycles. The van der Waals surface area contributed by atoms with Gasteiger partial charge >= 0.3 is 0 Å². The first-order valence-corrected chi connectivity index (χ1v) is 15.9. The number of hydrogen-bond acceptors (Lipinski definition) is 6. The van der Waals surface area contributed by atoms with E-state index in [2.05, 4.69) is 53.7 Å². The summed E-state index contributed by atoms with van der Waals surface area (Å²) in [5.74, 6) is 0.566. The summed E-state index contributed by atoms with van der Waals surface area (Å²) < 4.78 is 0. The number of aryl methyl sites for hydroxylation is 2. The van der Waals surface area contributed by atoms with Crippen molar-refractivity contribution in [3.05, 3.63) is 57.6 Å². The number of aromatic hydroxyl groups is 2. The molecule has 2 atom stereocenters. The lowest BCUT2D eigenvalue weighted by Crippen LogP contribution is -2.27. The van der Waals surface area contributed by atoms with Gasteiger partial charge in [0.25, 0.3) is 0 Å².